The number of amides is 1. The molecule has 1 unspecified atom stereocenters. The van der Waals surface area contributed by atoms with Crippen molar-refractivity contribution in [2.75, 3.05) is 0 Å². The van der Waals surface area contributed by atoms with Crippen LogP contribution in [0.3, 0.4) is 0 Å². The van der Waals surface area contributed by atoms with Crippen LogP contribution in [-0.2, 0) is 21.4 Å². The Morgan fingerprint density at radius 2 is 1.74 bits per heavy atom. The van der Waals surface area contributed by atoms with Crippen LogP contribution in [0.15, 0.2) is 81.8 Å². The highest BCUT2D eigenvalue weighted by atomic mass is 32.2. The molecule has 0 aliphatic heterocycles. The van der Waals surface area contributed by atoms with Crippen molar-refractivity contribution in [3.8, 4) is 0 Å². The third-order valence-electron chi connectivity index (χ3n) is 6.86. The molecular formula is C29H28FN3O4S2. The molecule has 2 heterocycles. The summed E-state index contributed by atoms with van der Waals surface area (Å²) in [5.74, 6) is -1.31. The van der Waals surface area contributed by atoms with E-state index >= 15 is 0 Å². The minimum Gasteiger partial charge on any atom is -0.288 e. The Balaban J connectivity index is 1.50. The lowest BCUT2D eigenvalue weighted by atomic mass is 10.1. The van der Waals surface area contributed by atoms with Crippen LogP contribution in [0, 0.1) is 12.7 Å². The maximum atomic E-state index is 13.9. The Bertz CT molecular complexity index is 1840. The van der Waals surface area contributed by atoms with E-state index in [1.54, 1.807) is 20.5 Å². The minimum atomic E-state index is -4.18. The number of nitrogens with zero attached hydrogens (tertiary/aromatic N) is 2. The summed E-state index contributed by atoms with van der Waals surface area (Å²) in [6, 6.07) is 17.3. The number of fused-ring (bicyclic) bond motifs is 2. The molecule has 1 amide bonds. The van der Waals surface area contributed by atoms with Gasteiger partial charge in [-0.15, -0.1) is 11.3 Å². The predicted octanol–water partition coefficient (Wildman–Crippen LogP) is 5.75. The van der Waals surface area contributed by atoms with Crippen LogP contribution in [0.25, 0.3) is 21.1 Å². The molecule has 5 aromatic rings. The molecule has 0 saturated heterocycles. The zero-order valence-corrected chi connectivity index (χ0v) is 23.2. The Kier molecular flexibility index (Phi) is 7.42. The van der Waals surface area contributed by atoms with Crippen LogP contribution < -0.4 is 10.4 Å². The monoisotopic (exact) mass is 565 g/mol. The van der Waals surface area contributed by atoms with Gasteiger partial charge in [-0.2, -0.15) is 0 Å². The van der Waals surface area contributed by atoms with E-state index in [9.17, 15) is 22.4 Å². The van der Waals surface area contributed by atoms with E-state index in [4.69, 9.17) is 0 Å². The molecule has 0 aliphatic rings. The third kappa shape index (κ3) is 5.26. The Morgan fingerprint density at radius 1 is 1.03 bits per heavy atom. The summed E-state index contributed by atoms with van der Waals surface area (Å²) >= 11 is 1.64. The number of nitrogens with one attached hydrogen (secondary N) is 1. The molecule has 10 heteroatoms. The van der Waals surface area contributed by atoms with Gasteiger partial charge in [0.1, 0.15) is 5.82 Å². The largest absolute Gasteiger partial charge is 0.329 e. The van der Waals surface area contributed by atoms with Gasteiger partial charge in [-0.1, -0.05) is 37.6 Å². The number of carbonyl (C=O) groups is 1. The topological polar surface area (TPSA) is 90.2 Å². The van der Waals surface area contributed by atoms with Crippen LogP contribution in [0.5, 0.6) is 0 Å². The lowest BCUT2D eigenvalue weighted by Gasteiger charge is -2.18. The standard InChI is InChI=1S/C29H28FN3O4S2/c1-3-7-22(16-27(34)31-39(36,37)23-14-12-21(30)13-15-23)33-25-10-5-4-9-24(25)32(29(33)35)17-20-18-38-26-11-6-8-19(2)28(20)26/h4-6,8-15,18,22H,3,7,16-17H2,1-2H3,(H,31,34). The third-order valence-corrected chi connectivity index (χ3v) is 9.25. The second kappa shape index (κ2) is 10.8. The van der Waals surface area contributed by atoms with Gasteiger partial charge in [0.25, 0.3) is 10.0 Å². The first-order chi connectivity index (χ1) is 18.7. The molecule has 0 fully saturated rings. The number of imidazole rings is 1. The molecule has 39 heavy (non-hydrogen) atoms. The van der Waals surface area contributed by atoms with Gasteiger partial charge in [0.15, 0.2) is 0 Å². The number of halogens is 1. The lowest BCUT2D eigenvalue weighted by molar-refractivity contribution is -0.120. The summed E-state index contributed by atoms with van der Waals surface area (Å²) < 4.78 is 45.2. The summed E-state index contributed by atoms with van der Waals surface area (Å²) in [6.07, 6.45) is 0.976. The van der Waals surface area contributed by atoms with Crippen molar-refractivity contribution in [3.63, 3.8) is 0 Å². The quantitative estimate of drug-likeness (QED) is 0.246. The van der Waals surface area contributed by atoms with Crippen molar-refractivity contribution in [2.24, 2.45) is 0 Å². The average Bonchev–Trinajstić information content (AvgIpc) is 3.43. The molecule has 3 aromatic carbocycles. The first-order valence-corrected chi connectivity index (χ1v) is 15.0. The van der Waals surface area contributed by atoms with E-state index in [0.717, 1.165) is 51.0 Å². The number of hydrogen-bond acceptors (Lipinski definition) is 5. The van der Waals surface area contributed by atoms with Crippen LogP contribution >= 0.6 is 11.3 Å². The number of benzene rings is 3. The molecule has 2 aromatic heterocycles. The number of aryl methyl sites for hydroxylation is 1. The number of para-hydroxylation sites is 2. The minimum absolute atomic E-state index is 0.206. The summed E-state index contributed by atoms with van der Waals surface area (Å²) in [6.45, 7) is 4.38. The fourth-order valence-corrected chi connectivity index (χ4v) is 7.13. The summed E-state index contributed by atoms with van der Waals surface area (Å²) in [5.41, 5.74) is 3.37. The summed E-state index contributed by atoms with van der Waals surface area (Å²) in [7, 11) is -4.18. The number of rotatable bonds is 9. The van der Waals surface area contributed by atoms with Crippen LogP contribution in [0.2, 0.25) is 0 Å². The first-order valence-electron chi connectivity index (χ1n) is 12.7. The molecule has 7 nitrogen and oxygen atoms in total. The average molecular weight is 566 g/mol. The number of hydrogen-bond donors (Lipinski definition) is 1. The molecular weight excluding hydrogens is 537 g/mol. The molecule has 0 bridgehead atoms. The summed E-state index contributed by atoms with van der Waals surface area (Å²) in [5, 5.41) is 3.22. The van der Waals surface area contributed by atoms with E-state index in [1.807, 2.05) is 37.3 Å². The Labute approximate surface area is 229 Å². The first kappa shape index (κ1) is 26.8. The van der Waals surface area contributed by atoms with E-state index < -0.39 is 27.8 Å². The van der Waals surface area contributed by atoms with Crippen LogP contribution in [0.1, 0.15) is 43.4 Å². The molecule has 1 atom stereocenters. The lowest BCUT2D eigenvalue weighted by Crippen LogP contribution is -2.35. The second-order valence-corrected chi connectivity index (χ2v) is 12.2. The highest BCUT2D eigenvalue weighted by Crippen LogP contribution is 2.30. The smallest absolute Gasteiger partial charge is 0.288 e. The van der Waals surface area contributed by atoms with Gasteiger partial charge in [0, 0.05) is 22.5 Å². The maximum absolute atomic E-state index is 13.9. The van der Waals surface area contributed by atoms with E-state index in [2.05, 4.69) is 29.2 Å². The molecule has 202 valence electrons. The molecule has 5 rings (SSSR count). The van der Waals surface area contributed by atoms with Crippen LogP contribution in [0.4, 0.5) is 4.39 Å². The second-order valence-electron chi connectivity index (χ2n) is 9.57. The fourth-order valence-electron chi connectivity index (χ4n) is 5.10. The molecule has 1 N–H and O–H groups in total. The van der Waals surface area contributed by atoms with Gasteiger partial charge in [0.05, 0.1) is 22.5 Å². The highest BCUT2D eigenvalue weighted by molar-refractivity contribution is 7.90. The van der Waals surface area contributed by atoms with E-state index in [0.29, 0.717) is 24.9 Å². The zero-order chi connectivity index (χ0) is 27.7. The highest BCUT2D eigenvalue weighted by Gasteiger charge is 2.25. The number of aromatic nitrogens is 2. The predicted molar refractivity (Wildman–Crippen MR) is 152 cm³/mol. The van der Waals surface area contributed by atoms with Crippen molar-refractivity contribution in [1.82, 2.24) is 13.9 Å². The summed E-state index contributed by atoms with van der Waals surface area (Å²) in [4.78, 5) is 26.7. The van der Waals surface area contributed by atoms with Gasteiger partial charge in [-0.3, -0.25) is 13.9 Å². The van der Waals surface area contributed by atoms with E-state index in [1.165, 1.54) is 0 Å². The van der Waals surface area contributed by atoms with Crippen molar-refractivity contribution in [1.29, 1.82) is 0 Å². The molecule has 0 aliphatic carbocycles. The normalized spacial score (nSPS) is 12.7. The maximum Gasteiger partial charge on any atom is 0.329 e. The SMILES string of the molecule is CCCC(CC(=O)NS(=O)(=O)c1ccc(F)cc1)n1c(=O)n(Cc2csc3cccc(C)c23)c2ccccc21. The molecule has 0 spiro atoms. The number of thiophene rings is 1. The Hall–Kier alpha value is -3.76. The van der Waals surface area contributed by atoms with Gasteiger partial charge >= 0.3 is 5.69 Å². The molecule has 0 radical (unpaired) electrons. The van der Waals surface area contributed by atoms with Crippen molar-refractivity contribution in [3.05, 3.63) is 99.5 Å². The van der Waals surface area contributed by atoms with E-state index in [-0.39, 0.29) is 17.0 Å². The number of sulfonamides is 1. The van der Waals surface area contributed by atoms with Gasteiger partial charge in [-0.25, -0.2) is 22.3 Å². The van der Waals surface area contributed by atoms with Crippen LogP contribution in [-0.4, -0.2) is 23.5 Å². The van der Waals surface area contributed by atoms with Crippen molar-refractivity contribution < 1.29 is 17.6 Å². The fraction of sp³-hybridized carbons (Fsp3) is 0.241. The van der Waals surface area contributed by atoms with Crippen molar-refractivity contribution >= 4 is 48.4 Å². The van der Waals surface area contributed by atoms with Gasteiger partial charge in [-0.05, 0) is 72.3 Å². The Morgan fingerprint density at radius 3 is 2.46 bits per heavy atom. The van der Waals surface area contributed by atoms with Gasteiger partial charge in [0.2, 0.25) is 5.91 Å². The zero-order valence-electron chi connectivity index (χ0n) is 21.6. The number of carbonyl (C=O) groups excluding carboxylic acids is 1. The van der Waals surface area contributed by atoms with Gasteiger partial charge < -0.3 is 0 Å². The molecule has 0 saturated carbocycles. The van der Waals surface area contributed by atoms with Crippen molar-refractivity contribution in [2.45, 2.75) is 50.6 Å².